The molecule has 0 aliphatic heterocycles. The van der Waals surface area contributed by atoms with Gasteiger partial charge in [-0.3, -0.25) is 0 Å². The van der Waals surface area contributed by atoms with Crippen LogP contribution in [-0.4, -0.2) is 30.3 Å². The number of nitrogens with zero attached hydrogens (tertiary/aromatic N) is 1. The number of alkyl halides is 3. The lowest BCUT2D eigenvalue weighted by Crippen LogP contribution is -2.38. The van der Waals surface area contributed by atoms with Crippen LogP contribution in [0.25, 0.3) is 0 Å². The molecule has 0 saturated heterocycles. The average Bonchev–Trinajstić information content (AvgIpc) is 3.06. The first-order chi connectivity index (χ1) is 12.9. The van der Waals surface area contributed by atoms with Crippen molar-refractivity contribution in [3.05, 3.63) is 59.3 Å². The minimum Gasteiger partial charge on any atom is -0.468 e. The van der Waals surface area contributed by atoms with E-state index in [0.717, 1.165) is 12.8 Å². The highest BCUT2D eigenvalue weighted by Gasteiger charge is 2.28. The number of rotatable bonds is 6. The van der Waals surface area contributed by atoms with Crippen LogP contribution in [0.4, 0.5) is 18.0 Å². The summed E-state index contributed by atoms with van der Waals surface area (Å²) in [6.07, 6.45) is -1.19. The normalized spacial score (nSPS) is 13.9. The summed E-state index contributed by atoms with van der Waals surface area (Å²) in [5.41, 5.74) is 3.26. The number of hydrogen-bond donors (Lipinski definition) is 2. The molecular formula is C19H20F3N3O2. The van der Waals surface area contributed by atoms with Gasteiger partial charge in [0.2, 0.25) is 5.88 Å². The van der Waals surface area contributed by atoms with Crippen LogP contribution >= 0.6 is 0 Å². The SMILES string of the molecule is O=C(NCc1ccnc(OCC(F)(F)F)c1)NCC1Cc2ccccc2C1. The van der Waals surface area contributed by atoms with Gasteiger partial charge in [-0.2, -0.15) is 13.2 Å². The van der Waals surface area contributed by atoms with Crippen LogP contribution in [-0.2, 0) is 19.4 Å². The number of nitrogens with one attached hydrogen (secondary N) is 2. The van der Waals surface area contributed by atoms with Gasteiger partial charge in [-0.05, 0) is 41.5 Å². The van der Waals surface area contributed by atoms with Gasteiger partial charge < -0.3 is 15.4 Å². The lowest BCUT2D eigenvalue weighted by Gasteiger charge is -2.12. The standard InChI is InChI=1S/C19H20F3N3O2/c20-19(21,22)12-27-17-9-13(5-6-23-17)10-24-18(26)25-11-14-7-15-3-1-2-4-16(15)8-14/h1-6,9,14H,7-8,10-12H2,(H2,24,25,26). The van der Waals surface area contributed by atoms with Crippen molar-refractivity contribution in [1.82, 2.24) is 15.6 Å². The molecule has 1 aromatic heterocycles. The first-order valence-corrected chi connectivity index (χ1v) is 8.62. The zero-order chi connectivity index (χ0) is 19.3. The zero-order valence-corrected chi connectivity index (χ0v) is 14.6. The smallest absolute Gasteiger partial charge is 0.422 e. The number of carbonyl (C=O) groups excluding carboxylic acids is 1. The molecule has 1 aromatic carbocycles. The fourth-order valence-electron chi connectivity index (χ4n) is 3.07. The number of benzene rings is 1. The molecule has 0 bridgehead atoms. The fourth-order valence-corrected chi connectivity index (χ4v) is 3.07. The van der Waals surface area contributed by atoms with Gasteiger partial charge in [0.25, 0.3) is 0 Å². The lowest BCUT2D eigenvalue weighted by molar-refractivity contribution is -0.154. The maximum absolute atomic E-state index is 12.2. The van der Waals surface area contributed by atoms with E-state index in [2.05, 4.69) is 32.5 Å². The van der Waals surface area contributed by atoms with E-state index in [4.69, 9.17) is 0 Å². The van der Waals surface area contributed by atoms with E-state index in [1.54, 1.807) is 6.07 Å². The van der Waals surface area contributed by atoms with Gasteiger partial charge in [0, 0.05) is 25.4 Å². The fraction of sp³-hybridized carbons (Fsp3) is 0.368. The number of carbonyl (C=O) groups is 1. The van der Waals surface area contributed by atoms with Gasteiger partial charge >= 0.3 is 12.2 Å². The van der Waals surface area contributed by atoms with Crippen LogP contribution in [0.3, 0.4) is 0 Å². The summed E-state index contributed by atoms with van der Waals surface area (Å²) in [5.74, 6) is 0.243. The lowest BCUT2D eigenvalue weighted by atomic mass is 10.1. The van der Waals surface area contributed by atoms with Crippen molar-refractivity contribution >= 4 is 6.03 Å². The second-order valence-electron chi connectivity index (χ2n) is 6.51. The van der Waals surface area contributed by atoms with E-state index in [0.29, 0.717) is 18.0 Å². The minimum atomic E-state index is -4.42. The summed E-state index contributed by atoms with van der Waals surface area (Å²) < 4.78 is 41.1. The first kappa shape index (κ1) is 19.0. The second-order valence-corrected chi connectivity index (χ2v) is 6.51. The molecule has 0 unspecified atom stereocenters. The summed E-state index contributed by atoms with van der Waals surface area (Å²) in [6.45, 7) is -0.667. The molecule has 0 spiro atoms. The third-order valence-corrected chi connectivity index (χ3v) is 4.32. The predicted molar refractivity (Wildman–Crippen MR) is 93.4 cm³/mol. The van der Waals surface area contributed by atoms with E-state index in [1.807, 2.05) is 12.1 Å². The van der Waals surface area contributed by atoms with Crippen molar-refractivity contribution in [2.75, 3.05) is 13.2 Å². The maximum atomic E-state index is 12.2. The first-order valence-electron chi connectivity index (χ1n) is 8.62. The molecular weight excluding hydrogens is 359 g/mol. The molecule has 0 atom stereocenters. The van der Waals surface area contributed by atoms with Crippen LogP contribution in [0.15, 0.2) is 42.6 Å². The summed E-state index contributed by atoms with van der Waals surface area (Å²) in [7, 11) is 0. The third kappa shape index (κ3) is 5.87. The molecule has 1 heterocycles. The Morgan fingerprint density at radius 1 is 1.15 bits per heavy atom. The van der Waals surface area contributed by atoms with E-state index in [1.165, 1.54) is 23.4 Å². The van der Waals surface area contributed by atoms with Crippen molar-refractivity contribution in [3.8, 4) is 5.88 Å². The van der Waals surface area contributed by atoms with Gasteiger partial charge in [-0.25, -0.2) is 9.78 Å². The highest BCUT2D eigenvalue weighted by Crippen LogP contribution is 2.25. The molecule has 2 aromatic rings. The van der Waals surface area contributed by atoms with Crippen LogP contribution in [0, 0.1) is 5.92 Å². The van der Waals surface area contributed by atoms with Crippen molar-refractivity contribution in [3.63, 3.8) is 0 Å². The van der Waals surface area contributed by atoms with Gasteiger partial charge in [0.05, 0.1) is 0 Å². The van der Waals surface area contributed by atoms with Crippen molar-refractivity contribution in [1.29, 1.82) is 0 Å². The Bertz CT molecular complexity index is 771. The zero-order valence-electron chi connectivity index (χ0n) is 14.6. The van der Waals surface area contributed by atoms with Crippen LogP contribution in [0.2, 0.25) is 0 Å². The topological polar surface area (TPSA) is 63.2 Å². The van der Waals surface area contributed by atoms with Crippen molar-refractivity contribution < 1.29 is 22.7 Å². The van der Waals surface area contributed by atoms with E-state index in [9.17, 15) is 18.0 Å². The number of halogens is 3. The number of hydrogen-bond acceptors (Lipinski definition) is 3. The minimum absolute atomic E-state index is 0.129. The Kier molecular flexibility index (Phi) is 5.83. The number of aromatic nitrogens is 1. The Hall–Kier alpha value is -2.77. The summed E-state index contributed by atoms with van der Waals surface area (Å²) in [4.78, 5) is 15.7. The summed E-state index contributed by atoms with van der Waals surface area (Å²) in [6, 6.07) is 10.9. The molecule has 0 saturated carbocycles. The number of ether oxygens (including phenoxy) is 1. The van der Waals surface area contributed by atoms with Gasteiger partial charge in [0.1, 0.15) is 0 Å². The van der Waals surface area contributed by atoms with Crippen LogP contribution in [0.5, 0.6) is 5.88 Å². The van der Waals surface area contributed by atoms with Crippen LogP contribution in [0.1, 0.15) is 16.7 Å². The second kappa shape index (κ2) is 8.28. The monoisotopic (exact) mass is 379 g/mol. The van der Waals surface area contributed by atoms with Crippen molar-refractivity contribution in [2.24, 2.45) is 5.92 Å². The maximum Gasteiger partial charge on any atom is 0.422 e. The molecule has 27 heavy (non-hydrogen) atoms. The molecule has 1 aliphatic rings. The molecule has 0 radical (unpaired) electrons. The van der Waals surface area contributed by atoms with E-state index < -0.39 is 12.8 Å². The molecule has 2 N–H and O–H groups in total. The van der Waals surface area contributed by atoms with Gasteiger partial charge in [0.15, 0.2) is 6.61 Å². The third-order valence-electron chi connectivity index (χ3n) is 4.32. The molecule has 144 valence electrons. The summed E-state index contributed by atoms with van der Waals surface area (Å²) in [5, 5.41) is 5.53. The van der Waals surface area contributed by atoms with E-state index in [-0.39, 0.29) is 18.5 Å². The Labute approximate surface area is 154 Å². The molecule has 2 amide bonds. The Balaban J connectivity index is 1.41. The van der Waals surface area contributed by atoms with Crippen molar-refractivity contribution in [2.45, 2.75) is 25.6 Å². The van der Waals surface area contributed by atoms with E-state index >= 15 is 0 Å². The van der Waals surface area contributed by atoms with Gasteiger partial charge in [-0.15, -0.1) is 0 Å². The highest BCUT2D eigenvalue weighted by atomic mass is 19.4. The number of pyridine rings is 1. The average molecular weight is 379 g/mol. The van der Waals surface area contributed by atoms with Gasteiger partial charge in [-0.1, -0.05) is 24.3 Å². The molecule has 1 aliphatic carbocycles. The summed E-state index contributed by atoms with van der Waals surface area (Å²) >= 11 is 0. The van der Waals surface area contributed by atoms with Crippen LogP contribution < -0.4 is 15.4 Å². The highest BCUT2D eigenvalue weighted by molar-refractivity contribution is 5.73. The largest absolute Gasteiger partial charge is 0.468 e. The number of fused-ring (bicyclic) bond motifs is 1. The Morgan fingerprint density at radius 3 is 2.52 bits per heavy atom. The molecule has 8 heteroatoms. The molecule has 3 rings (SSSR count). The Morgan fingerprint density at radius 2 is 1.85 bits per heavy atom. The quantitative estimate of drug-likeness (QED) is 0.810. The predicted octanol–water partition coefficient (Wildman–Crippen LogP) is 3.24. The molecule has 5 nitrogen and oxygen atoms in total. The number of amides is 2. The number of urea groups is 1. The molecule has 0 fully saturated rings.